The lowest BCUT2D eigenvalue weighted by Crippen LogP contribution is -2.27. The zero-order valence-corrected chi connectivity index (χ0v) is 12.2. The molecule has 1 aromatic rings. The molecule has 0 aliphatic carbocycles. The zero-order chi connectivity index (χ0) is 13.9. The van der Waals surface area contributed by atoms with Crippen molar-refractivity contribution in [3.05, 3.63) is 12.4 Å². The molecule has 1 unspecified atom stereocenters. The largest absolute Gasteiger partial charge is 0.370 e. The summed E-state index contributed by atoms with van der Waals surface area (Å²) in [7, 11) is 0. The Bertz CT molecular complexity index is 413. The van der Waals surface area contributed by atoms with E-state index in [0.717, 1.165) is 44.1 Å². The van der Waals surface area contributed by atoms with E-state index in [2.05, 4.69) is 41.0 Å². The minimum absolute atomic E-state index is 0.271. The Balaban J connectivity index is 1.92. The van der Waals surface area contributed by atoms with Crippen LogP contribution in [0.2, 0.25) is 0 Å². The van der Waals surface area contributed by atoms with Crippen LogP contribution in [0.5, 0.6) is 0 Å². The average Bonchev–Trinajstić information content (AvgIpc) is 2.75. The summed E-state index contributed by atoms with van der Waals surface area (Å²) in [5.74, 6) is 1.87. The van der Waals surface area contributed by atoms with E-state index in [9.17, 15) is 0 Å². The molecule has 0 aromatic carbocycles. The van der Waals surface area contributed by atoms with Crippen LogP contribution in [0.3, 0.4) is 0 Å². The van der Waals surface area contributed by atoms with Gasteiger partial charge in [-0.15, -0.1) is 0 Å². The van der Waals surface area contributed by atoms with Crippen LogP contribution in [0, 0.1) is 5.41 Å². The molecule has 0 amide bonds. The van der Waals surface area contributed by atoms with Crippen LogP contribution in [0.4, 0.5) is 11.6 Å². The van der Waals surface area contributed by atoms with E-state index in [1.807, 2.05) is 6.07 Å². The molecule has 1 aliphatic rings. The number of anilines is 2. The highest BCUT2D eigenvalue weighted by molar-refractivity contribution is 5.49. The molecular weight excluding hydrogens is 238 g/mol. The Hall–Kier alpha value is -1.36. The van der Waals surface area contributed by atoms with Gasteiger partial charge in [-0.3, -0.25) is 0 Å². The first-order valence-corrected chi connectivity index (χ1v) is 7.00. The van der Waals surface area contributed by atoms with E-state index < -0.39 is 0 Å². The number of nitrogens with two attached hydrogens (primary N) is 1. The standard InChI is InChI=1S/C14H25N5/c1-14(2,3)5-6-16-12-8-13(18-10-17-12)19-7-4-11(15)9-19/h8,10-11H,4-7,9,15H2,1-3H3,(H,16,17,18). The van der Waals surface area contributed by atoms with Crippen molar-refractivity contribution < 1.29 is 0 Å². The lowest BCUT2D eigenvalue weighted by Gasteiger charge is -2.19. The maximum Gasteiger partial charge on any atom is 0.134 e. The summed E-state index contributed by atoms with van der Waals surface area (Å²) < 4.78 is 0. The van der Waals surface area contributed by atoms with Gasteiger partial charge in [0.2, 0.25) is 0 Å². The first-order valence-electron chi connectivity index (χ1n) is 7.00. The van der Waals surface area contributed by atoms with Crippen molar-refractivity contribution in [2.24, 2.45) is 11.1 Å². The maximum atomic E-state index is 5.93. The molecule has 3 N–H and O–H groups in total. The third-order valence-corrected chi connectivity index (χ3v) is 3.38. The van der Waals surface area contributed by atoms with E-state index >= 15 is 0 Å². The monoisotopic (exact) mass is 263 g/mol. The molecule has 2 rings (SSSR count). The van der Waals surface area contributed by atoms with Gasteiger partial charge in [0, 0.05) is 31.7 Å². The first-order chi connectivity index (χ1) is 8.94. The second kappa shape index (κ2) is 5.74. The zero-order valence-electron chi connectivity index (χ0n) is 12.2. The number of aromatic nitrogens is 2. The fraction of sp³-hybridized carbons (Fsp3) is 0.714. The highest BCUT2D eigenvalue weighted by Gasteiger charge is 2.20. The van der Waals surface area contributed by atoms with Gasteiger partial charge in [-0.05, 0) is 18.3 Å². The summed E-state index contributed by atoms with van der Waals surface area (Å²) in [6.45, 7) is 9.53. The van der Waals surface area contributed by atoms with Crippen molar-refractivity contribution in [3.8, 4) is 0 Å². The molecule has 1 aromatic heterocycles. The number of nitrogens with one attached hydrogen (secondary N) is 1. The second-order valence-electron chi connectivity index (χ2n) is 6.49. The predicted molar refractivity (Wildman–Crippen MR) is 79.4 cm³/mol. The van der Waals surface area contributed by atoms with Crippen molar-refractivity contribution in [1.82, 2.24) is 9.97 Å². The van der Waals surface area contributed by atoms with E-state index in [1.165, 1.54) is 0 Å². The van der Waals surface area contributed by atoms with Gasteiger partial charge in [-0.2, -0.15) is 0 Å². The Labute approximate surface area is 115 Å². The van der Waals surface area contributed by atoms with E-state index in [-0.39, 0.29) is 6.04 Å². The molecule has 0 radical (unpaired) electrons. The van der Waals surface area contributed by atoms with Gasteiger partial charge in [0.05, 0.1) is 0 Å². The van der Waals surface area contributed by atoms with E-state index in [0.29, 0.717) is 5.41 Å². The molecule has 0 saturated carbocycles. The summed E-state index contributed by atoms with van der Waals surface area (Å²) in [4.78, 5) is 10.8. The Morgan fingerprint density at radius 1 is 1.42 bits per heavy atom. The van der Waals surface area contributed by atoms with Crippen molar-refractivity contribution >= 4 is 11.6 Å². The fourth-order valence-electron chi connectivity index (χ4n) is 2.18. The van der Waals surface area contributed by atoms with Crippen LogP contribution in [0.1, 0.15) is 33.6 Å². The van der Waals surface area contributed by atoms with Crippen LogP contribution in [-0.4, -0.2) is 35.6 Å². The Morgan fingerprint density at radius 2 is 2.21 bits per heavy atom. The van der Waals surface area contributed by atoms with E-state index in [4.69, 9.17) is 5.73 Å². The molecule has 1 atom stereocenters. The third-order valence-electron chi connectivity index (χ3n) is 3.38. The lowest BCUT2D eigenvalue weighted by atomic mass is 9.92. The molecule has 5 nitrogen and oxygen atoms in total. The van der Waals surface area contributed by atoms with Crippen LogP contribution >= 0.6 is 0 Å². The highest BCUT2D eigenvalue weighted by atomic mass is 15.2. The Kier molecular flexibility index (Phi) is 4.24. The van der Waals surface area contributed by atoms with Gasteiger partial charge in [0.15, 0.2) is 0 Å². The molecule has 106 valence electrons. The average molecular weight is 263 g/mol. The number of hydrogen-bond donors (Lipinski definition) is 2. The molecular formula is C14H25N5. The van der Waals surface area contributed by atoms with Gasteiger partial charge in [-0.1, -0.05) is 20.8 Å². The molecule has 1 saturated heterocycles. The van der Waals surface area contributed by atoms with Crippen molar-refractivity contribution in [1.29, 1.82) is 0 Å². The van der Waals surface area contributed by atoms with Crippen molar-refractivity contribution in [2.75, 3.05) is 29.9 Å². The lowest BCUT2D eigenvalue weighted by molar-refractivity contribution is 0.389. The molecule has 1 aliphatic heterocycles. The van der Waals surface area contributed by atoms with Gasteiger partial charge in [0.1, 0.15) is 18.0 Å². The summed E-state index contributed by atoms with van der Waals surface area (Å²) in [5.41, 5.74) is 6.27. The topological polar surface area (TPSA) is 67.1 Å². The summed E-state index contributed by atoms with van der Waals surface area (Å²) in [5, 5.41) is 3.37. The van der Waals surface area contributed by atoms with Crippen molar-refractivity contribution in [3.63, 3.8) is 0 Å². The van der Waals surface area contributed by atoms with Crippen LogP contribution in [-0.2, 0) is 0 Å². The van der Waals surface area contributed by atoms with Crippen LogP contribution < -0.4 is 16.0 Å². The Morgan fingerprint density at radius 3 is 2.84 bits per heavy atom. The molecule has 2 heterocycles. The molecule has 0 bridgehead atoms. The quantitative estimate of drug-likeness (QED) is 0.868. The molecule has 0 spiro atoms. The second-order valence-corrected chi connectivity index (χ2v) is 6.49. The van der Waals surface area contributed by atoms with E-state index in [1.54, 1.807) is 6.33 Å². The SMILES string of the molecule is CC(C)(C)CCNc1cc(N2CCC(N)C2)ncn1. The van der Waals surface area contributed by atoms with Gasteiger partial charge < -0.3 is 16.0 Å². The normalized spacial score (nSPS) is 19.8. The van der Waals surface area contributed by atoms with Gasteiger partial charge in [-0.25, -0.2) is 9.97 Å². The number of rotatable bonds is 4. The minimum atomic E-state index is 0.271. The van der Waals surface area contributed by atoms with Crippen LogP contribution in [0.25, 0.3) is 0 Å². The third kappa shape index (κ3) is 4.35. The molecule has 1 fully saturated rings. The fourth-order valence-corrected chi connectivity index (χ4v) is 2.18. The highest BCUT2D eigenvalue weighted by Crippen LogP contribution is 2.21. The van der Waals surface area contributed by atoms with Gasteiger partial charge >= 0.3 is 0 Å². The maximum absolute atomic E-state index is 5.93. The molecule has 19 heavy (non-hydrogen) atoms. The van der Waals surface area contributed by atoms with Crippen molar-refractivity contribution in [2.45, 2.75) is 39.7 Å². The summed E-state index contributed by atoms with van der Waals surface area (Å²) >= 11 is 0. The predicted octanol–water partition coefficient (Wildman–Crippen LogP) is 1.86. The van der Waals surface area contributed by atoms with Crippen LogP contribution in [0.15, 0.2) is 12.4 Å². The number of nitrogens with zero attached hydrogens (tertiary/aromatic N) is 3. The number of hydrogen-bond acceptors (Lipinski definition) is 5. The summed E-state index contributed by atoms with van der Waals surface area (Å²) in [6.07, 6.45) is 3.77. The molecule has 5 heteroatoms. The van der Waals surface area contributed by atoms with Gasteiger partial charge in [0.25, 0.3) is 0 Å². The first kappa shape index (κ1) is 14.1. The minimum Gasteiger partial charge on any atom is -0.370 e. The summed E-state index contributed by atoms with van der Waals surface area (Å²) in [6, 6.07) is 2.29. The smallest absolute Gasteiger partial charge is 0.134 e.